The van der Waals surface area contributed by atoms with Crippen LogP contribution in [0, 0.1) is 0 Å². The quantitative estimate of drug-likeness (QED) is 0.813. The molecule has 5 nitrogen and oxygen atoms in total. The SMILES string of the molecule is CCC(C)(C)N(C)c1cc(N)cc(S(N)(=O)=O)c1. The molecule has 1 aromatic carbocycles. The average Bonchev–Trinajstić information content (AvgIpc) is 2.26. The first-order chi connectivity index (χ1) is 8.08. The van der Waals surface area contributed by atoms with E-state index < -0.39 is 10.0 Å². The maximum Gasteiger partial charge on any atom is 0.238 e. The molecule has 4 N–H and O–H groups in total. The standard InChI is InChI=1S/C12H21N3O2S/c1-5-12(2,3)15(4)10-6-9(13)7-11(8-10)18(14,16)17/h6-8H,5,13H2,1-4H3,(H2,14,16,17). The van der Waals surface area contributed by atoms with Gasteiger partial charge in [0.05, 0.1) is 4.90 Å². The molecule has 6 heteroatoms. The predicted octanol–water partition coefficient (Wildman–Crippen LogP) is 1.54. The Morgan fingerprint density at radius 2 is 1.83 bits per heavy atom. The number of nitrogens with two attached hydrogens (primary N) is 2. The molecule has 0 radical (unpaired) electrons. The number of nitrogens with zero attached hydrogens (tertiary/aromatic N) is 1. The lowest BCUT2D eigenvalue weighted by Gasteiger charge is -2.37. The second-order valence-electron chi connectivity index (χ2n) is 5.03. The van der Waals surface area contributed by atoms with Gasteiger partial charge in [-0.15, -0.1) is 0 Å². The summed E-state index contributed by atoms with van der Waals surface area (Å²) in [5.41, 5.74) is 6.76. The summed E-state index contributed by atoms with van der Waals surface area (Å²) in [5, 5.41) is 5.13. The second-order valence-corrected chi connectivity index (χ2v) is 6.59. The first kappa shape index (κ1) is 14.8. The zero-order chi connectivity index (χ0) is 14.1. The van der Waals surface area contributed by atoms with Gasteiger partial charge in [0, 0.05) is 24.0 Å². The molecule has 18 heavy (non-hydrogen) atoms. The smallest absolute Gasteiger partial charge is 0.238 e. The minimum Gasteiger partial charge on any atom is -0.399 e. The second kappa shape index (κ2) is 4.78. The van der Waals surface area contributed by atoms with Gasteiger partial charge in [-0.05, 0) is 38.5 Å². The molecule has 0 atom stereocenters. The van der Waals surface area contributed by atoms with Crippen LogP contribution in [0.4, 0.5) is 11.4 Å². The third kappa shape index (κ3) is 3.14. The molecule has 102 valence electrons. The van der Waals surface area contributed by atoms with E-state index in [0.717, 1.165) is 12.1 Å². The lowest BCUT2D eigenvalue weighted by atomic mass is 9.99. The summed E-state index contributed by atoms with van der Waals surface area (Å²) in [6.45, 7) is 6.23. The maximum atomic E-state index is 11.4. The van der Waals surface area contributed by atoms with Crippen molar-refractivity contribution < 1.29 is 8.42 Å². The Hall–Kier alpha value is -1.27. The zero-order valence-electron chi connectivity index (χ0n) is 11.3. The molecule has 0 saturated carbocycles. The molecule has 0 aromatic heterocycles. The molecule has 0 aliphatic heterocycles. The number of hydrogen-bond donors (Lipinski definition) is 2. The molecule has 0 aliphatic rings. The number of hydrogen-bond acceptors (Lipinski definition) is 4. The van der Waals surface area contributed by atoms with E-state index in [1.807, 2.05) is 11.9 Å². The molecule has 0 saturated heterocycles. The highest BCUT2D eigenvalue weighted by atomic mass is 32.2. The Balaban J connectivity index is 3.31. The van der Waals surface area contributed by atoms with Crippen molar-refractivity contribution in [3.8, 4) is 0 Å². The van der Waals surface area contributed by atoms with E-state index in [1.165, 1.54) is 6.07 Å². The van der Waals surface area contributed by atoms with E-state index in [1.54, 1.807) is 12.1 Å². The summed E-state index contributed by atoms with van der Waals surface area (Å²) < 4.78 is 22.8. The highest BCUT2D eigenvalue weighted by Gasteiger charge is 2.23. The van der Waals surface area contributed by atoms with Crippen molar-refractivity contribution in [3.63, 3.8) is 0 Å². The lowest BCUT2D eigenvalue weighted by molar-refractivity contribution is 0.470. The summed E-state index contributed by atoms with van der Waals surface area (Å²) in [4.78, 5) is 2.04. The number of nitrogen functional groups attached to an aromatic ring is 1. The third-order valence-corrected chi connectivity index (χ3v) is 4.30. The van der Waals surface area contributed by atoms with Crippen LogP contribution in [0.2, 0.25) is 0 Å². The molecule has 0 amide bonds. The Labute approximate surface area is 109 Å². The van der Waals surface area contributed by atoms with Crippen LogP contribution in [-0.2, 0) is 10.0 Å². The molecule has 0 spiro atoms. The molecular formula is C12H21N3O2S. The summed E-state index contributed by atoms with van der Waals surface area (Å²) in [6, 6.07) is 4.65. The predicted molar refractivity (Wildman–Crippen MR) is 75.0 cm³/mol. The van der Waals surface area contributed by atoms with Crippen LogP contribution < -0.4 is 15.8 Å². The molecule has 0 aliphatic carbocycles. The minimum absolute atomic E-state index is 0.0382. The van der Waals surface area contributed by atoms with E-state index >= 15 is 0 Å². The van der Waals surface area contributed by atoms with Crippen LogP contribution in [-0.4, -0.2) is 21.0 Å². The van der Waals surface area contributed by atoms with Crippen LogP contribution in [0.15, 0.2) is 23.1 Å². The molecule has 1 aromatic rings. The van der Waals surface area contributed by atoms with E-state index in [9.17, 15) is 8.42 Å². The Morgan fingerprint density at radius 3 is 2.28 bits per heavy atom. The monoisotopic (exact) mass is 271 g/mol. The van der Waals surface area contributed by atoms with Crippen LogP contribution in [0.3, 0.4) is 0 Å². The summed E-state index contributed by atoms with van der Waals surface area (Å²) in [5.74, 6) is 0. The van der Waals surface area contributed by atoms with Gasteiger partial charge in [-0.1, -0.05) is 6.92 Å². The number of anilines is 2. The zero-order valence-corrected chi connectivity index (χ0v) is 12.1. The van der Waals surface area contributed by atoms with Gasteiger partial charge < -0.3 is 10.6 Å². The maximum absolute atomic E-state index is 11.4. The molecule has 0 heterocycles. The van der Waals surface area contributed by atoms with Crippen molar-refractivity contribution in [2.75, 3.05) is 17.7 Å². The van der Waals surface area contributed by atoms with Gasteiger partial charge >= 0.3 is 0 Å². The Bertz CT molecular complexity index is 538. The Kier molecular flexibility index (Phi) is 3.92. The molecule has 0 bridgehead atoms. The van der Waals surface area contributed by atoms with E-state index in [-0.39, 0.29) is 10.4 Å². The van der Waals surface area contributed by atoms with Crippen LogP contribution in [0.1, 0.15) is 27.2 Å². The van der Waals surface area contributed by atoms with Gasteiger partial charge in [-0.25, -0.2) is 13.6 Å². The number of benzene rings is 1. The van der Waals surface area contributed by atoms with Crippen LogP contribution >= 0.6 is 0 Å². The topological polar surface area (TPSA) is 89.4 Å². The van der Waals surface area contributed by atoms with E-state index in [2.05, 4.69) is 20.8 Å². The fourth-order valence-electron chi connectivity index (χ4n) is 1.55. The normalized spacial score (nSPS) is 12.5. The van der Waals surface area contributed by atoms with Crippen molar-refractivity contribution in [3.05, 3.63) is 18.2 Å². The highest BCUT2D eigenvalue weighted by molar-refractivity contribution is 7.89. The Morgan fingerprint density at radius 1 is 1.28 bits per heavy atom. The summed E-state index contributed by atoms with van der Waals surface area (Å²) in [6.07, 6.45) is 0.920. The number of sulfonamides is 1. The van der Waals surface area contributed by atoms with Crippen molar-refractivity contribution in [1.82, 2.24) is 0 Å². The van der Waals surface area contributed by atoms with Gasteiger partial charge in [0.1, 0.15) is 0 Å². The highest BCUT2D eigenvalue weighted by Crippen LogP contribution is 2.28. The van der Waals surface area contributed by atoms with E-state index in [0.29, 0.717) is 5.69 Å². The summed E-state index contributed by atoms with van der Waals surface area (Å²) >= 11 is 0. The molecule has 1 rings (SSSR count). The van der Waals surface area contributed by atoms with Crippen molar-refractivity contribution in [1.29, 1.82) is 0 Å². The number of primary sulfonamides is 1. The van der Waals surface area contributed by atoms with Crippen molar-refractivity contribution in [2.24, 2.45) is 5.14 Å². The fourth-order valence-corrected chi connectivity index (χ4v) is 2.14. The van der Waals surface area contributed by atoms with Gasteiger partial charge in [0.25, 0.3) is 0 Å². The summed E-state index contributed by atoms with van der Waals surface area (Å²) in [7, 11) is -1.83. The first-order valence-corrected chi connectivity index (χ1v) is 7.30. The largest absolute Gasteiger partial charge is 0.399 e. The van der Waals surface area contributed by atoms with Crippen LogP contribution in [0.25, 0.3) is 0 Å². The number of rotatable bonds is 4. The van der Waals surface area contributed by atoms with Gasteiger partial charge in [-0.3, -0.25) is 0 Å². The minimum atomic E-state index is -3.74. The van der Waals surface area contributed by atoms with Crippen molar-refractivity contribution >= 4 is 21.4 Å². The third-order valence-electron chi connectivity index (χ3n) is 3.40. The van der Waals surface area contributed by atoms with Crippen molar-refractivity contribution in [2.45, 2.75) is 37.6 Å². The first-order valence-electron chi connectivity index (χ1n) is 5.75. The average molecular weight is 271 g/mol. The fraction of sp³-hybridized carbons (Fsp3) is 0.500. The van der Waals surface area contributed by atoms with Gasteiger partial charge in [0.15, 0.2) is 0 Å². The van der Waals surface area contributed by atoms with E-state index in [4.69, 9.17) is 10.9 Å². The molecular weight excluding hydrogens is 250 g/mol. The van der Waals surface area contributed by atoms with Gasteiger partial charge in [-0.2, -0.15) is 0 Å². The molecule has 0 unspecified atom stereocenters. The molecule has 0 fully saturated rings. The van der Waals surface area contributed by atoms with Gasteiger partial charge in [0.2, 0.25) is 10.0 Å². The van der Waals surface area contributed by atoms with Crippen LogP contribution in [0.5, 0.6) is 0 Å². The lowest BCUT2D eigenvalue weighted by Crippen LogP contribution is -2.40.